The number of imidazole rings is 1. The van der Waals surface area contributed by atoms with Crippen molar-refractivity contribution in [2.75, 3.05) is 12.0 Å². The van der Waals surface area contributed by atoms with Gasteiger partial charge in [-0.1, -0.05) is 24.3 Å². The number of aliphatic carboxylic acids is 1. The predicted molar refractivity (Wildman–Crippen MR) is 115 cm³/mol. The molecule has 0 radical (unpaired) electrons. The van der Waals surface area contributed by atoms with Crippen LogP contribution in [-0.2, 0) is 21.4 Å². The molecule has 3 rings (SSSR count). The van der Waals surface area contributed by atoms with Gasteiger partial charge in [0.1, 0.15) is 11.9 Å². The zero-order valence-electron chi connectivity index (χ0n) is 16.2. The fourth-order valence-electron chi connectivity index (χ4n) is 3.08. The highest BCUT2D eigenvalue weighted by Gasteiger charge is 2.25. The molecule has 0 unspecified atom stereocenters. The second-order valence-electron chi connectivity index (χ2n) is 6.67. The van der Waals surface area contributed by atoms with Crippen molar-refractivity contribution in [3.63, 3.8) is 0 Å². The fraction of sp³-hybridized carbons (Fsp3) is 0.300. The molecule has 0 saturated carbocycles. The van der Waals surface area contributed by atoms with Gasteiger partial charge in [0.05, 0.1) is 15.9 Å². The van der Waals surface area contributed by atoms with Crippen LogP contribution in [0, 0.1) is 6.92 Å². The number of aromatic nitrogens is 2. The Kier molecular flexibility index (Phi) is 6.61. The van der Waals surface area contributed by atoms with Gasteiger partial charge in [0, 0.05) is 6.54 Å². The number of nitrogens with zero attached hydrogens (tertiary/aromatic N) is 2. The number of benzene rings is 2. The summed E-state index contributed by atoms with van der Waals surface area (Å²) in [6, 6.07) is 13.2. The molecule has 0 saturated heterocycles. The van der Waals surface area contributed by atoms with Crippen LogP contribution in [-0.4, -0.2) is 47.1 Å². The maximum Gasteiger partial charge on any atom is 0.321 e. The van der Waals surface area contributed by atoms with Gasteiger partial charge in [0.25, 0.3) is 0 Å². The highest BCUT2D eigenvalue weighted by molar-refractivity contribution is 7.98. The normalized spacial score (nSPS) is 12.9. The van der Waals surface area contributed by atoms with E-state index in [0.717, 1.165) is 22.4 Å². The zero-order valence-corrected chi connectivity index (χ0v) is 17.8. The second-order valence-corrected chi connectivity index (χ2v) is 9.37. The molecule has 2 aromatic carbocycles. The van der Waals surface area contributed by atoms with Crippen molar-refractivity contribution >= 4 is 38.8 Å². The van der Waals surface area contributed by atoms with Gasteiger partial charge in [0.2, 0.25) is 10.0 Å². The standard InChI is InChI=1S/C20H23N3O4S2/c1-14-21-17-5-3-4-6-19(17)23(14)13-15-7-9-16(10-8-15)29(26,27)22-18(20(24)25)11-12-28-2/h3-10,18,22H,11-13H2,1-2H3,(H,24,25)/t18-/m0/s1. The van der Waals surface area contributed by atoms with E-state index in [1.165, 1.54) is 23.9 Å². The molecule has 2 N–H and O–H groups in total. The Labute approximate surface area is 174 Å². The molecule has 0 aliphatic heterocycles. The molecule has 1 atom stereocenters. The van der Waals surface area contributed by atoms with Crippen molar-refractivity contribution in [2.24, 2.45) is 0 Å². The van der Waals surface area contributed by atoms with E-state index in [1.54, 1.807) is 12.1 Å². The molecule has 29 heavy (non-hydrogen) atoms. The Hall–Kier alpha value is -2.36. The minimum absolute atomic E-state index is 0.0452. The van der Waals surface area contributed by atoms with Crippen molar-refractivity contribution in [1.29, 1.82) is 0 Å². The average Bonchev–Trinajstić information content (AvgIpc) is 3.00. The minimum atomic E-state index is -3.92. The SMILES string of the molecule is CSCC[C@H](NS(=O)(=O)c1ccc(Cn2c(C)nc3ccccc32)cc1)C(=O)O. The van der Waals surface area contributed by atoms with Gasteiger partial charge in [-0.25, -0.2) is 13.4 Å². The van der Waals surface area contributed by atoms with Crippen molar-refractivity contribution in [1.82, 2.24) is 14.3 Å². The smallest absolute Gasteiger partial charge is 0.321 e. The van der Waals surface area contributed by atoms with Crippen molar-refractivity contribution in [2.45, 2.75) is 30.8 Å². The number of para-hydroxylation sites is 2. The quantitative estimate of drug-likeness (QED) is 0.538. The number of carboxylic acids is 1. The van der Waals surface area contributed by atoms with Crippen LogP contribution >= 0.6 is 11.8 Å². The molecule has 3 aromatic rings. The lowest BCUT2D eigenvalue weighted by atomic mass is 10.2. The highest BCUT2D eigenvalue weighted by atomic mass is 32.2. The molecular formula is C20H23N3O4S2. The number of hydrogen-bond donors (Lipinski definition) is 2. The van der Waals surface area contributed by atoms with Crippen LogP contribution in [0.4, 0.5) is 0 Å². The predicted octanol–water partition coefficient (Wildman–Crippen LogP) is 2.88. The van der Waals surface area contributed by atoms with Gasteiger partial charge in [-0.3, -0.25) is 4.79 Å². The number of fused-ring (bicyclic) bond motifs is 1. The van der Waals surface area contributed by atoms with Gasteiger partial charge < -0.3 is 9.67 Å². The summed E-state index contributed by atoms with van der Waals surface area (Å²) in [6.07, 6.45) is 2.07. The van der Waals surface area contributed by atoms with Gasteiger partial charge in [-0.2, -0.15) is 16.5 Å². The van der Waals surface area contributed by atoms with Crippen molar-refractivity contribution < 1.29 is 18.3 Å². The van der Waals surface area contributed by atoms with Gasteiger partial charge in [0.15, 0.2) is 0 Å². The lowest BCUT2D eigenvalue weighted by Crippen LogP contribution is -2.41. The Balaban J connectivity index is 1.78. The summed E-state index contributed by atoms with van der Waals surface area (Å²) in [5, 5.41) is 9.27. The molecule has 0 bridgehead atoms. The molecule has 0 fully saturated rings. The third-order valence-corrected chi connectivity index (χ3v) is 6.76. The van der Waals surface area contributed by atoms with Gasteiger partial charge >= 0.3 is 5.97 Å². The first-order valence-electron chi connectivity index (χ1n) is 9.06. The molecule has 0 aliphatic carbocycles. The van der Waals surface area contributed by atoms with Gasteiger partial charge in [-0.05, 0) is 55.2 Å². The maximum absolute atomic E-state index is 12.6. The summed E-state index contributed by atoms with van der Waals surface area (Å²) in [6.45, 7) is 2.49. The summed E-state index contributed by atoms with van der Waals surface area (Å²) in [5.41, 5.74) is 2.85. The topological polar surface area (TPSA) is 101 Å². The van der Waals surface area contributed by atoms with Crippen LogP contribution in [0.3, 0.4) is 0 Å². The lowest BCUT2D eigenvalue weighted by Gasteiger charge is -2.14. The van der Waals surface area contributed by atoms with Crippen LogP contribution in [0.2, 0.25) is 0 Å². The Bertz CT molecular complexity index is 1110. The average molecular weight is 434 g/mol. The van der Waals surface area contributed by atoms with Crippen molar-refractivity contribution in [3.8, 4) is 0 Å². The summed E-state index contributed by atoms with van der Waals surface area (Å²) in [5.74, 6) is 0.251. The van der Waals surface area contributed by atoms with E-state index < -0.39 is 22.0 Å². The first-order valence-corrected chi connectivity index (χ1v) is 11.9. The van der Waals surface area contributed by atoms with E-state index >= 15 is 0 Å². The largest absolute Gasteiger partial charge is 0.480 e. The number of rotatable bonds is 9. The number of sulfonamides is 1. The zero-order chi connectivity index (χ0) is 21.0. The molecule has 0 amide bonds. The summed E-state index contributed by atoms with van der Waals surface area (Å²) >= 11 is 1.47. The molecular weight excluding hydrogens is 410 g/mol. The van der Waals surface area contributed by atoms with Crippen LogP contribution in [0.1, 0.15) is 17.8 Å². The molecule has 0 spiro atoms. The number of nitrogens with one attached hydrogen (secondary N) is 1. The Morgan fingerprint density at radius 3 is 2.55 bits per heavy atom. The molecule has 1 aromatic heterocycles. The van der Waals surface area contributed by atoms with Crippen LogP contribution in [0.15, 0.2) is 53.4 Å². The number of aryl methyl sites for hydroxylation is 1. The van der Waals surface area contributed by atoms with Gasteiger partial charge in [-0.15, -0.1) is 0 Å². The third kappa shape index (κ3) is 4.98. The summed E-state index contributed by atoms with van der Waals surface area (Å²) < 4.78 is 29.5. The lowest BCUT2D eigenvalue weighted by molar-refractivity contribution is -0.139. The molecule has 0 aliphatic rings. The van der Waals surface area contributed by atoms with Crippen LogP contribution < -0.4 is 4.72 Å². The van der Waals surface area contributed by atoms with Crippen molar-refractivity contribution in [3.05, 3.63) is 59.9 Å². The molecule has 1 heterocycles. The number of carboxylic acid groups (broad SMARTS) is 1. The summed E-state index contributed by atoms with van der Waals surface area (Å²) in [4.78, 5) is 15.9. The third-order valence-electron chi connectivity index (χ3n) is 4.63. The number of hydrogen-bond acceptors (Lipinski definition) is 5. The Morgan fingerprint density at radius 1 is 1.21 bits per heavy atom. The first kappa shape index (κ1) is 21.4. The van der Waals surface area contributed by atoms with E-state index in [9.17, 15) is 18.3 Å². The van der Waals surface area contributed by atoms with E-state index in [0.29, 0.717) is 12.3 Å². The van der Waals surface area contributed by atoms with Crippen LogP contribution in [0.25, 0.3) is 11.0 Å². The molecule has 154 valence electrons. The van der Waals surface area contributed by atoms with Crippen LogP contribution in [0.5, 0.6) is 0 Å². The number of thioether (sulfide) groups is 1. The van der Waals surface area contributed by atoms with E-state index in [4.69, 9.17) is 0 Å². The second kappa shape index (κ2) is 8.98. The molecule has 9 heteroatoms. The molecule has 7 nitrogen and oxygen atoms in total. The fourth-order valence-corrected chi connectivity index (χ4v) is 4.77. The monoisotopic (exact) mass is 433 g/mol. The summed E-state index contributed by atoms with van der Waals surface area (Å²) in [7, 11) is -3.92. The highest BCUT2D eigenvalue weighted by Crippen LogP contribution is 2.19. The van der Waals surface area contributed by atoms with E-state index in [2.05, 4.69) is 14.3 Å². The van der Waals surface area contributed by atoms with E-state index in [1.807, 2.05) is 37.4 Å². The number of carbonyl (C=O) groups is 1. The first-order chi connectivity index (χ1) is 13.8. The van der Waals surface area contributed by atoms with E-state index in [-0.39, 0.29) is 11.3 Å². The Morgan fingerprint density at radius 2 is 1.90 bits per heavy atom. The minimum Gasteiger partial charge on any atom is -0.480 e. The maximum atomic E-state index is 12.6.